The molecule has 0 atom stereocenters. The molecule has 1 aliphatic rings. The summed E-state index contributed by atoms with van der Waals surface area (Å²) in [4.78, 5) is 23.6. The van der Waals surface area contributed by atoms with E-state index in [-0.39, 0.29) is 24.3 Å². The fraction of sp³-hybridized carbons (Fsp3) is 0.474. The highest BCUT2D eigenvalue weighted by Gasteiger charge is 2.34. The van der Waals surface area contributed by atoms with Crippen LogP contribution in [0.2, 0.25) is 5.02 Å². The lowest BCUT2D eigenvalue weighted by Gasteiger charge is -2.36. The van der Waals surface area contributed by atoms with Crippen LogP contribution in [0.5, 0.6) is 0 Å². The van der Waals surface area contributed by atoms with Crippen molar-refractivity contribution in [3.05, 3.63) is 35.5 Å². The third-order valence-corrected chi connectivity index (χ3v) is 5.51. The first-order chi connectivity index (χ1) is 12.0. The van der Waals surface area contributed by atoms with Crippen LogP contribution in [0.4, 0.5) is 0 Å². The predicted octanol–water partition coefficient (Wildman–Crippen LogP) is 3.84. The Morgan fingerprint density at radius 2 is 1.96 bits per heavy atom. The van der Waals surface area contributed by atoms with Gasteiger partial charge in [0.15, 0.2) is 0 Å². The molecule has 0 radical (unpaired) electrons. The first kappa shape index (κ1) is 17.8. The lowest BCUT2D eigenvalue weighted by molar-refractivity contribution is -0.140. The van der Waals surface area contributed by atoms with Crippen molar-refractivity contribution in [1.82, 2.24) is 9.88 Å². The van der Waals surface area contributed by atoms with Crippen molar-refractivity contribution in [2.45, 2.75) is 45.1 Å². The second kappa shape index (κ2) is 7.48. The summed E-state index contributed by atoms with van der Waals surface area (Å²) in [5.41, 5.74) is 0.613. The van der Waals surface area contributed by atoms with E-state index in [1.54, 1.807) is 0 Å². The largest absolute Gasteiger partial charge is 0.481 e. The summed E-state index contributed by atoms with van der Waals surface area (Å²) in [7, 11) is 0. The Kier molecular flexibility index (Phi) is 5.33. The van der Waals surface area contributed by atoms with E-state index < -0.39 is 5.97 Å². The van der Waals surface area contributed by atoms with Crippen LogP contribution >= 0.6 is 11.6 Å². The van der Waals surface area contributed by atoms with Gasteiger partial charge in [0.05, 0.1) is 6.42 Å². The number of hydrogen-bond acceptors (Lipinski definition) is 2. The van der Waals surface area contributed by atoms with E-state index in [4.69, 9.17) is 11.6 Å². The maximum atomic E-state index is 12.4. The minimum Gasteiger partial charge on any atom is -0.481 e. The van der Waals surface area contributed by atoms with Crippen molar-refractivity contribution >= 4 is 34.4 Å². The zero-order chi connectivity index (χ0) is 17.9. The van der Waals surface area contributed by atoms with Crippen molar-refractivity contribution in [2.24, 2.45) is 5.41 Å². The SMILES string of the molecule is O=C(O)CC1(CNC(=O)Cn2ccc3c(Cl)cccc32)CCCCC1. The third-order valence-electron chi connectivity index (χ3n) is 5.18. The van der Waals surface area contributed by atoms with Gasteiger partial charge in [-0.05, 0) is 36.5 Å². The minimum absolute atomic E-state index is 0.104. The Balaban J connectivity index is 1.65. The average Bonchev–Trinajstić information content (AvgIpc) is 2.98. The molecule has 0 bridgehead atoms. The summed E-state index contributed by atoms with van der Waals surface area (Å²) in [6.07, 6.45) is 6.90. The lowest BCUT2D eigenvalue weighted by Crippen LogP contribution is -2.41. The van der Waals surface area contributed by atoms with Crippen LogP contribution in [-0.2, 0) is 16.1 Å². The van der Waals surface area contributed by atoms with E-state index in [0.29, 0.717) is 11.6 Å². The normalized spacial score (nSPS) is 16.7. The van der Waals surface area contributed by atoms with Gasteiger partial charge in [0, 0.05) is 28.7 Å². The van der Waals surface area contributed by atoms with Gasteiger partial charge in [-0.1, -0.05) is 36.9 Å². The number of halogens is 1. The van der Waals surface area contributed by atoms with E-state index in [9.17, 15) is 14.7 Å². The van der Waals surface area contributed by atoms with Gasteiger partial charge in [0.2, 0.25) is 5.91 Å². The number of amides is 1. The van der Waals surface area contributed by atoms with E-state index in [1.165, 1.54) is 0 Å². The zero-order valence-corrected chi connectivity index (χ0v) is 14.9. The summed E-state index contributed by atoms with van der Waals surface area (Å²) in [6, 6.07) is 7.52. The summed E-state index contributed by atoms with van der Waals surface area (Å²) in [6.45, 7) is 0.630. The van der Waals surface area contributed by atoms with Gasteiger partial charge >= 0.3 is 5.97 Å². The molecule has 1 saturated carbocycles. The molecule has 25 heavy (non-hydrogen) atoms. The Morgan fingerprint density at radius 1 is 1.20 bits per heavy atom. The minimum atomic E-state index is -0.790. The van der Waals surface area contributed by atoms with Crippen LogP contribution in [0.15, 0.2) is 30.5 Å². The van der Waals surface area contributed by atoms with E-state index >= 15 is 0 Å². The van der Waals surface area contributed by atoms with Crippen LogP contribution in [0.3, 0.4) is 0 Å². The Morgan fingerprint density at radius 3 is 2.68 bits per heavy atom. The maximum absolute atomic E-state index is 12.4. The van der Waals surface area contributed by atoms with Gasteiger partial charge < -0.3 is 15.0 Å². The molecule has 1 heterocycles. The molecular weight excluding hydrogens is 340 g/mol. The number of carbonyl (C=O) groups is 2. The summed E-state index contributed by atoms with van der Waals surface area (Å²) < 4.78 is 1.86. The smallest absolute Gasteiger partial charge is 0.303 e. The molecule has 5 nitrogen and oxygen atoms in total. The standard InChI is InChI=1S/C19H23ClN2O3/c20-15-5-4-6-16-14(15)7-10-22(16)12-17(23)21-13-19(11-18(24)25)8-2-1-3-9-19/h4-7,10H,1-3,8-9,11-13H2,(H,21,23)(H,24,25). The fourth-order valence-electron chi connectivity index (χ4n) is 3.86. The number of rotatable bonds is 6. The second-order valence-electron chi connectivity index (χ2n) is 7.02. The monoisotopic (exact) mass is 362 g/mol. The number of aromatic nitrogens is 1. The van der Waals surface area contributed by atoms with Crippen molar-refractivity contribution in [3.63, 3.8) is 0 Å². The van der Waals surface area contributed by atoms with Crippen molar-refractivity contribution in [3.8, 4) is 0 Å². The number of fused-ring (bicyclic) bond motifs is 1. The van der Waals surface area contributed by atoms with Gasteiger partial charge in [-0.3, -0.25) is 9.59 Å². The maximum Gasteiger partial charge on any atom is 0.303 e. The first-order valence-electron chi connectivity index (χ1n) is 8.71. The molecule has 2 aromatic rings. The van der Waals surface area contributed by atoms with Crippen LogP contribution in [0.25, 0.3) is 10.9 Å². The fourth-order valence-corrected chi connectivity index (χ4v) is 4.09. The van der Waals surface area contributed by atoms with Crippen LogP contribution in [-0.4, -0.2) is 28.1 Å². The van der Waals surface area contributed by atoms with Crippen LogP contribution in [0.1, 0.15) is 38.5 Å². The quantitative estimate of drug-likeness (QED) is 0.820. The topological polar surface area (TPSA) is 71.3 Å². The van der Waals surface area contributed by atoms with Gasteiger partial charge in [-0.15, -0.1) is 0 Å². The number of nitrogens with zero attached hydrogens (tertiary/aromatic N) is 1. The van der Waals surface area contributed by atoms with E-state index in [1.807, 2.05) is 35.0 Å². The van der Waals surface area contributed by atoms with Gasteiger partial charge in [0.25, 0.3) is 0 Å². The van der Waals surface area contributed by atoms with Crippen molar-refractivity contribution in [1.29, 1.82) is 0 Å². The Bertz CT molecular complexity index is 778. The van der Waals surface area contributed by atoms with Crippen LogP contribution < -0.4 is 5.32 Å². The summed E-state index contributed by atoms with van der Waals surface area (Å²) >= 11 is 6.17. The molecular formula is C19H23ClN2O3. The van der Waals surface area contributed by atoms with Crippen molar-refractivity contribution in [2.75, 3.05) is 6.54 Å². The number of benzene rings is 1. The summed E-state index contributed by atoms with van der Waals surface area (Å²) in [5.74, 6) is -0.894. The zero-order valence-electron chi connectivity index (χ0n) is 14.1. The van der Waals surface area contributed by atoms with E-state index in [2.05, 4.69) is 5.32 Å². The Labute approximate surface area is 152 Å². The molecule has 0 unspecified atom stereocenters. The number of carboxylic acids is 1. The summed E-state index contributed by atoms with van der Waals surface area (Å²) in [5, 5.41) is 13.8. The number of nitrogens with one attached hydrogen (secondary N) is 1. The molecule has 1 aromatic carbocycles. The molecule has 6 heteroatoms. The van der Waals surface area contributed by atoms with Crippen LogP contribution in [0, 0.1) is 5.41 Å². The molecule has 2 N–H and O–H groups in total. The average molecular weight is 363 g/mol. The van der Waals surface area contributed by atoms with Gasteiger partial charge in [0.1, 0.15) is 6.54 Å². The molecule has 0 saturated heterocycles. The Hall–Kier alpha value is -2.01. The number of carboxylic acid groups (broad SMARTS) is 1. The molecule has 1 aromatic heterocycles. The first-order valence-corrected chi connectivity index (χ1v) is 9.09. The number of hydrogen-bond donors (Lipinski definition) is 2. The molecule has 1 fully saturated rings. The molecule has 3 rings (SSSR count). The van der Waals surface area contributed by atoms with E-state index in [0.717, 1.165) is 43.0 Å². The van der Waals surface area contributed by atoms with Gasteiger partial charge in [-0.2, -0.15) is 0 Å². The molecule has 1 amide bonds. The highest BCUT2D eigenvalue weighted by atomic mass is 35.5. The third kappa shape index (κ3) is 4.15. The lowest BCUT2D eigenvalue weighted by atomic mass is 9.71. The van der Waals surface area contributed by atoms with Gasteiger partial charge in [-0.25, -0.2) is 0 Å². The highest BCUT2D eigenvalue weighted by molar-refractivity contribution is 6.35. The molecule has 1 aliphatic carbocycles. The second-order valence-corrected chi connectivity index (χ2v) is 7.43. The van der Waals surface area contributed by atoms with Crippen molar-refractivity contribution < 1.29 is 14.7 Å². The predicted molar refractivity (Wildman–Crippen MR) is 97.7 cm³/mol. The molecule has 134 valence electrons. The highest BCUT2D eigenvalue weighted by Crippen LogP contribution is 2.38. The molecule has 0 spiro atoms. The number of carbonyl (C=O) groups excluding carboxylic acids is 1. The number of aliphatic carboxylic acids is 1. The molecule has 0 aliphatic heterocycles.